The van der Waals surface area contributed by atoms with E-state index in [1.807, 2.05) is 30.3 Å². The van der Waals surface area contributed by atoms with Crippen molar-refractivity contribution in [2.45, 2.75) is 32.2 Å². The van der Waals surface area contributed by atoms with Crippen molar-refractivity contribution in [2.24, 2.45) is 5.92 Å². The number of rotatable bonds is 5. The minimum atomic E-state index is -0.821. The van der Waals surface area contributed by atoms with Crippen molar-refractivity contribution in [1.29, 1.82) is 0 Å². The van der Waals surface area contributed by atoms with E-state index in [1.54, 1.807) is 4.90 Å². The molecule has 2 atom stereocenters. The lowest BCUT2D eigenvalue weighted by Crippen LogP contribution is -2.40. The van der Waals surface area contributed by atoms with Crippen LogP contribution in [0.15, 0.2) is 30.3 Å². The second kappa shape index (κ2) is 7.11. The molecule has 1 heterocycles. The number of urea groups is 1. The summed E-state index contributed by atoms with van der Waals surface area (Å²) < 4.78 is 0. The Bertz CT molecular complexity index is 490. The van der Waals surface area contributed by atoms with Gasteiger partial charge in [-0.3, -0.25) is 4.79 Å². The number of nitrogens with zero attached hydrogens (tertiary/aromatic N) is 1. The second-order valence-electron chi connectivity index (χ2n) is 5.47. The average Bonchev–Trinajstić information content (AvgIpc) is 2.98. The van der Waals surface area contributed by atoms with E-state index in [0.29, 0.717) is 19.5 Å². The van der Waals surface area contributed by atoms with Crippen LogP contribution < -0.4 is 5.32 Å². The number of carboxylic acids is 1. The van der Waals surface area contributed by atoms with E-state index in [1.165, 1.54) is 0 Å². The van der Waals surface area contributed by atoms with E-state index < -0.39 is 11.9 Å². The van der Waals surface area contributed by atoms with Gasteiger partial charge >= 0.3 is 12.0 Å². The van der Waals surface area contributed by atoms with E-state index in [4.69, 9.17) is 5.11 Å². The number of benzene rings is 1. The van der Waals surface area contributed by atoms with Crippen LogP contribution in [-0.2, 0) is 4.79 Å². The minimum absolute atomic E-state index is 0.0208. The zero-order valence-corrected chi connectivity index (χ0v) is 12.3. The molecular weight excluding hydrogens is 268 g/mol. The number of carbonyl (C=O) groups excluding carboxylic acids is 1. The Morgan fingerprint density at radius 2 is 2.10 bits per heavy atom. The molecule has 0 bridgehead atoms. The lowest BCUT2D eigenvalue weighted by Gasteiger charge is -2.23. The molecule has 0 aliphatic carbocycles. The number of likely N-dealkylation sites (tertiary alicyclic amines) is 1. The molecule has 2 amide bonds. The maximum Gasteiger partial charge on any atom is 0.317 e. The van der Waals surface area contributed by atoms with Crippen molar-refractivity contribution >= 4 is 12.0 Å². The Kier molecular flexibility index (Phi) is 5.20. The van der Waals surface area contributed by atoms with Crippen molar-refractivity contribution < 1.29 is 14.7 Å². The van der Waals surface area contributed by atoms with Crippen LogP contribution in [0.2, 0.25) is 0 Å². The van der Waals surface area contributed by atoms with Crippen molar-refractivity contribution in [1.82, 2.24) is 10.2 Å². The first-order valence-electron chi connectivity index (χ1n) is 7.45. The van der Waals surface area contributed by atoms with E-state index >= 15 is 0 Å². The monoisotopic (exact) mass is 290 g/mol. The molecule has 21 heavy (non-hydrogen) atoms. The molecule has 0 aromatic heterocycles. The molecule has 1 fully saturated rings. The van der Waals surface area contributed by atoms with E-state index in [9.17, 15) is 9.59 Å². The molecular formula is C16H22N2O3. The van der Waals surface area contributed by atoms with Crippen LogP contribution in [0.5, 0.6) is 0 Å². The highest BCUT2D eigenvalue weighted by Gasteiger charge is 2.31. The predicted octanol–water partition coefficient (Wildman–Crippen LogP) is 2.64. The molecule has 1 aromatic carbocycles. The summed E-state index contributed by atoms with van der Waals surface area (Å²) in [5.74, 6) is -1.25. The molecule has 1 aromatic rings. The molecule has 0 radical (unpaired) electrons. The molecule has 2 N–H and O–H groups in total. The van der Waals surface area contributed by atoms with E-state index in [-0.39, 0.29) is 12.1 Å². The van der Waals surface area contributed by atoms with Gasteiger partial charge in [0.05, 0.1) is 12.0 Å². The Morgan fingerprint density at radius 1 is 1.38 bits per heavy atom. The van der Waals surface area contributed by atoms with Crippen molar-refractivity contribution in [2.75, 3.05) is 13.1 Å². The summed E-state index contributed by atoms with van der Waals surface area (Å²) in [6.07, 6.45) is 2.37. The summed E-state index contributed by atoms with van der Waals surface area (Å²) in [6, 6.07) is 9.69. The van der Waals surface area contributed by atoms with E-state index in [0.717, 1.165) is 18.4 Å². The average molecular weight is 290 g/mol. The number of hydrogen-bond acceptors (Lipinski definition) is 2. The predicted molar refractivity (Wildman–Crippen MR) is 79.9 cm³/mol. The summed E-state index contributed by atoms with van der Waals surface area (Å²) in [6.45, 7) is 2.89. The first kappa shape index (κ1) is 15.4. The number of amides is 2. The largest absolute Gasteiger partial charge is 0.481 e. The Hall–Kier alpha value is -2.04. The molecule has 1 saturated heterocycles. The fraction of sp³-hybridized carbons (Fsp3) is 0.500. The van der Waals surface area contributed by atoms with Gasteiger partial charge in [-0.25, -0.2) is 4.79 Å². The summed E-state index contributed by atoms with van der Waals surface area (Å²) in [5.41, 5.74) is 1.08. The molecule has 1 aliphatic rings. The van der Waals surface area contributed by atoms with Gasteiger partial charge in [-0.1, -0.05) is 43.7 Å². The summed E-state index contributed by atoms with van der Waals surface area (Å²) in [7, 11) is 0. The lowest BCUT2D eigenvalue weighted by atomic mass is 10.0. The minimum Gasteiger partial charge on any atom is -0.481 e. The van der Waals surface area contributed by atoms with Crippen LogP contribution in [0.4, 0.5) is 4.79 Å². The van der Waals surface area contributed by atoms with Crippen LogP contribution >= 0.6 is 0 Å². The topological polar surface area (TPSA) is 69.6 Å². The number of carboxylic acid groups (broad SMARTS) is 1. The molecule has 5 heteroatoms. The van der Waals surface area contributed by atoms with Crippen molar-refractivity contribution in [3.05, 3.63) is 35.9 Å². The third-order valence-electron chi connectivity index (χ3n) is 3.90. The number of aliphatic carboxylic acids is 1. The molecule has 0 spiro atoms. The highest BCUT2D eigenvalue weighted by Crippen LogP contribution is 2.21. The van der Waals surface area contributed by atoms with Crippen LogP contribution in [0.3, 0.4) is 0 Å². The van der Waals surface area contributed by atoms with Crippen molar-refractivity contribution in [3.8, 4) is 0 Å². The van der Waals surface area contributed by atoms with Gasteiger partial charge < -0.3 is 15.3 Å². The highest BCUT2D eigenvalue weighted by atomic mass is 16.4. The quantitative estimate of drug-likeness (QED) is 0.876. The fourth-order valence-electron chi connectivity index (χ4n) is 2.68. The van der Waals surface area contributed by atoms with Crippen LogP contribution in [0.25, 0.3) is 0 Å². The third kappa shape index (κ3) is 3.97. The van der Waals surface area contributed by atoms with Gasteiger partial charge in [0.25, 0.3) is 0 Å². The molecule has 1 aliphatic heterocycles. The summed E-state index contributed by atoms with van der Waals surface area (Å²) in [4.78, 5) is 24.9. The Labute approximate surface area is 125 Å². The van der Waals surface area contributed by atoms with Gasteiger partial charge in [-0.15, -0.1) is 0 Å². The van der Waals surface area contributed by atoms with Gasteiger partial charge in [0.2, 0.25) is 0 Å². The molecule has 2 unspecified atom stereocenters. The van der Waals surface area contributed by atoms with Gasteiger partial charge in [0, 0.05) is 13.1 Å². The molecule has 2 rings (SSSR count). The van der Waals surface area contributed by atoms with Gasteiger partial charge in [-0.2, -0.15) is 0 Å². The first-order valence-corrected chi connectivity index (χ1v) is 7.45. The standard InChI is InChI=1S/C16H22N2O3/c1-2-6-14(12-7-4-3-5-8-12)17-16(21)18-10-9-13(11-18)15(19)20/h3-5,7-8,13-14H,2,6,9-11H2,1H3,(H,17,21)(H,19,20). The Morgan fingerprint density at radius 3 is 2.67 bits per heavy atom. The normalized spacial score (nSPS) is 19.3. The third-order valence-corrected chi connectivity index (χ3v) is 3.90. The van der Waals surface area contributed by atoms with Crippen LogP contribution in [0.1, 0.15) is 37.8 Å². The highest BCUT2D eigenvalue weighted by molar-refractivity contribution is 5.77. The second-order valence-corrected chi connectivity index (χ2v) is 5.47. The maximum atomic E-state index is 12.3. The SMILES string of the molecule is CCCC(NC(=O)N1CCC(C(=O)O)C1)c1ccccc1. The molecule has 114 valence electrons. The van der Waals surface area contributed by atoms with Crippen LogP contribution in [-0.4, -0.2) is 35.1 Å². The van der Waals surface area contributed by atoms with Gasteiger partial charge in [0.15, 0.2) is 0 Å². The number of carbonyl (C=O) groups is 2. The molecule has 5 nitrogen and oxygen atoms in total. The first-order chi connectivity index (χ1) is 10.1. The number of hydrogen-bond donors (Lipinski definition) is 2. The van der Waals surface area contributed by atoms with Gasteiger partial charge in [0.1, 0.15) is 0 Å². The smallest absolute Gasteiger partial charge is 0.317 e. The van der Waals surface area contributed by atoms with Crippen LogP contribution in [0, 0.1) is 5.92 Å². The maximum absolute atomic E-state index is 12.3. The van der Waals surface area contributed by atoms with E-state index in [2.05, 4.69) is 12.2 Å². The van der Waals surface area contributed by atoms with Gasteiger partial charge in [-0.05, 0) is 18.4 Å². The lowest BCUT2D eigenvalue weighted by molar-refractivity contribution is -0.141. The fourth-order valence-corrected chi connectivity index (χ4v) is 2.68. The van der Waals surface area contributed by atoms with Crippen molar-refractivity contribution in [3.63, 3.8) is 0 Å². The zero-order valence-electron chi connectivity index (χ0n) is 12.3. The zero-order chi connectivity index (χ0) is 15.2. The molecule has 0 saturated carbocycles. The summed E-state index contributed by atoms with van der Waals surface area (Å²) >= 11 is 0. The summed E-state index contributed by atoms with van der Waals surface area (Å²) in [5, 5.41) is 12.0. The Balaban J connectivity index is 1.98. The number of nitrogens with one attached hydrogen (secondary N) is 1.